The van der Waals surface area contributed by atoms with E-state index in [1.165, 1.54) is 0 Å². The number of sulfonamides is 1. The molecule has 1 aromatic rings. The third kappa shape index (κ3) is 5.70. The van der Waals surface area contributed by atoms with Crippen LogP contribution in [0.25, 0.3) is 0 Å². The summed E-state index contributed by atoms with van der Waals surface area (Å²) < 4.78 is 25.2. The van der Waals surface area contributed by atoms with Gasteiger partial charge in [0, 0.05) is 6.54 Å². The molecule has 0 aliphatic rings. The van der Waals surface area contributed by atoms with Crippen LogP contribution >= 0.6 is 0 Å². The monoisotopic (exact) mass is 257 g/mol. The highest BCUT2D eigenvalue weighted by molar-refractivity contribution is 7.89. The van der Waals surface area contributed by atoms with Crippen molar-refractivity contribution in [2.75, 3.05) is 12.3 Å². The van der Waals surface area contributed by atoms with E-state index in [2.05, 4.69) is 4.72 Å². The second-order valence-electron chi connectivity index (χ2n) is 3.98. The third-order valence-corrected chi connectivity index (χ3v) is 3.96. The number of phenols is 1. The van der Waals surface area contributed by atoms with Crippen LogP contribution in [0.15, 0.2) is 24.3 Å². The van der Waals surface area contributed by atoms with Gasteiger partial charge >= 0.3 is 0 Å². The van der Waals surface area contributed by atoms with Gasteiger partial charge in [0.15, 0.2) is 0 Å². The van der Waals surface area contributed by atoms with Gasteiger partial charge in [-0.15, -0.1) is 0 Å². The lowest BCUT2D eigenvalue weighted by Crippen LogP contribution is -2.27. The van der Waals surface area contributed by atoms with Gasteiger partial charge in [0.1, 0.15) is 5.75 Å². The van der Waals surface area contributed by atoms with Gasteiger partial charge in [-0.2, -0.15) is 0 Å². The topological polar surface area (TPSA) is 66.4 Å². The highest BCUT2D eigenvalue weighted by Crippen LogP contribution is 2.10. The number of rotatable bonds is 7. The molecule has 0 aliphatic heterocycles. The van der Waals surface area contributed by atoms with Crippen molar-refractivity contribution < 1.29 is 13.5 Å². The normalized spacial score (nSPS) is 11.6. The van der Waals surface area contributed by atoms with E-state index in [0.717, 1.165) is 18.4 Å². The highest BCUT2D eigenvalue weighted by atomic mass is 32.2. The van der Waals surface area contributed by atoms with Gasteiger partial charge in [0.05, 0.1) is 5.75 Å². The second-order valence-corrected chi connectivity index (χ2v) is 5.91. The number of nitrogens with one attached hydrogen (secondary N) is 1. The van der Waals surface area contributed by atoms with E-state index >= 15 is 0 Å². The first-order valence-corrected chi connectivity index (χ1v) is 7.44. The maximum atomic E-state index is 11.3. The molecule has 1 rings (SSSR count). The molecule has 17 heavy (non-hydrogen) atoms. The van der Waals surface area contributed by atoms with Gasteiger partial charge in [0.2, 0.25) is 10.0 Å². The van der Waals surface area contributed by atoms with E-state index in [1.807, 2.05) is 19.1 Å². The fourth-order valence-electron chi connectivity index (χ4n) is 1.52. The molecular weight excluding hydrogens is 238 g/mol. The molecule has 0 saturated carbocycles. The minimum atomic E-state index is -3.08. The summed E-state index contributed by atoms with van der Waals surface area (Å²) in [6, 6.07) is 6.96. The molecule has 0 amide bonds. The molecule has 0 saturated heterocycles. The van der Waals surface area contributed by atoms with Gasteiger partial charge < -0.3 is 5.11 Å². The quantitative estimate of drug-likeness (QED) is 0.730. The first-order valence-electron chi connectivity index (χ1n) is 5.79. The summed E-state index contributed by atoms with van der Waals surface area (Å²) in [5, 5.41) is 9.10. The average molecular weight is 257 g/mol. The predicted octanol–water partition coefficient (Wildman–Crippen LogP) is 1.65. The number of aromatic hydroxyl groups is 1. The number of aryl methyl sites for hydroxylation is 1. The standard InChI is InChI=1S/C12H19NO3S/c1-2-10-17(15,16)13-9-3-4-11-5-7-12(14)8-6-11/h5-8,13-14H,2-4,9-10H2,1H3. The first kappa shape index (κ1) is 14.0. The Kier molecular flexibility index (Phi) is 5.44. The second kappa shape index (κ2) is 6.61. The van der Waals surface area contributed by atoms with E-state index in [4.69, 9.17) is 5.11 Å². The molecule has 0 aromatic heterocycles. The summed E-state index contributed by atoms with van der Waals surface area (Å²) in [5.74, 6) is 0.434. The molecule has 0 heterocycles. The molecule has 0 aliphatic carbocycles. The van der Waals surface area contributed by atoms with E-state index in [1.54, 1.807) is 12.1 Å². The zero-order chi connectivity index (χ0) is 12.7. The van der Waals surface area contributed by atoms with Crippen LogP contribution in [0.4, 0.5) is 0 Å². The molecule has 0 spiro atoms. The molecule has 0 unspecified atom stereocenters. The van der Waals surface area contributed by atoms with Crippen LogP contribution in [0.5, 0.6) is 5.75 Å². The van der Waals surface area contributed by atoms with Crippen molar-refractivity contribution in [2.24, 2.45) is 0 Å². The van der Waals surface area contributed by atoms with Crippen molar-refractivity contribution in [1.82, 2.24) is 4.72 Å². The van der Waals surface area contributed by atoms with Crippen molar-refractivity contribution in [3.05, 3.63) is 29.8 Å². The molecule has 4 nitrogen and oxygen atoms in total. The van der Waals surface area contributed by atoms with Crippen LogP contribution < -0.4 is 4.72 Å². The third-order valence-electron chi connectivity index (χ3n) is 2.37. The SMILES string of the molecule is CCCS(=O)(=O)NCCCc1ccc(O)cc1. The Morgan fingerprint density at radius 2 is 1.88 bits per heavy atom. The van der Waals surface area contributed by atoms with Crippen molar-refractivity contribution in [1.29, 1.82) is 0 Å². The molecule has 96 valence electrons. The number of benzene rings is 1. The van der Waals surface area contributed by atoms with Gasteiger partial charge in [-0.25, -0.2) is 13.1 Å². The molecule has 5 heteroatoms. The van der Waals surface area contributed by atoms with Gasteiger partial charge in [-0.3, -0.25) is 0 Å². The fraction of sp³-hybridized carbons (Fsp3) is 0.500. The Bertz CT molecular complexity index is 426. The smallest absolute Gasteiger partial charge is 0.211 e. The Balaban J connectivity index is 2.27. The summed E-state index contributed by atoms with van der Waals surface area (Å²) in [6.07, 6.45) is 2.19. The van der Waals surface area contributed by atoms with E-state index < -0.39 is 10.0 Å². The van der Waals surface area contributed by atoms with Crippen LogP contribution in [0, 0.1) is 0 Å². The number of hydrogen-bond acceptors (Lipinski definition) is 3. The van der Waals surface area contributed by atoms with Crippen molar-refractivity contribution in [3.8, 4) is 5.75 Å². The lowest BCUT2D eigenvalue weighted by molar-refractivity contribution is 0.475. The van der Waals surface area contributed by atoms with Crippen LogP contribution in [0.3, 0.4) is 0 Å². The minimum absolute atomic E-state index is 0.187. The highest BCUT2D eigenvalue weighted by Gasteiger charge is 2.06. The van der Waals surface area contributed by atoms with Crippen LogP contribution in [-0.2, 0) is 16.4 Å². The summed E-state index contributed by atoms with van der Waals surface area (Å²) in [6.45, 7) is 2.30. The maximum Gasteiger partial charge on any atom is 0.211 e. The van der Waals surface area contributed by atoms with Crippen molar-refractivity contribution in [2.45, 2.75) is 26.2 Å². The molecule has 0 bridgehead atoms. The Labute approximate surface area is 103 Å². The maximum absolute atomic E-state index is 11.3. The van der Waals surface area contributed by atoms with Crippen molar-refractivity contribution in [3.63, 3.8) is 0 Å². The van der Waals surface area contributed by atoms with Crippen LogP contribution in [0.1, 0.15) is 25.3 Å². The molecule has 0 atom stereocenters. The van der Waals surface area contributed by atoms with E-state index in [-0.39, 0.29) is 11.5 Å². The Morgan fingerprint density at radius 3 is 2.47 bits per heavy atom. The number of phenolic OH excluding ortho intramolecular Hbond substituents is 1. The Hall–Kier alpha value is -1.07. The van der Waals surface area contributed by atoms with Gasteiger partial charge in [-0.1, -0.05) is 19.1 Å². The minimum Gasteiger partial charge on any atom is -0.508 e. The van der Waals surface area contributed by atoms with Gasteiger partial charge in [-0.05, 0) is 37.0 Å². The molecular formula is C12H19NO3S. The van der Waals surface area contributed by atoms with E-state index in [0.29, 0.717) is 13.0 Å². The molecule has 0 radical (unpaired) electrons. The van der Waals surface area contributed by atoms with Crippen molar-refractivity contribution >= 4 is 10.0 Å². The lowest BCUT2D eigenvalue weighted by Gasteiger charge is -2.05. The zero-order valence-electron chi connectivity index (χ0n) is 10.0. The summed E-state index contributed by atoms with van der Waals surface area (Å²) >= 11 is 0. The zero-order valence-corrected chi connectivity index (χ0v) is 10.8. The molecule has 0 fully saturated rings. The van der Waals surface area contributed by atoms with Crippen LogP contribution in [-0.4, -0.2) is 25.8 Å². The largest absolute Gasteiger partial charge is 0.508 e. The van der Waals surface area contributed by atoms with Gasteiger partial charge in [0.25, 0.3) is 0 Å². The molecule has 2 N–H and O–H groups in total. The summed E-state index contributed by atoms with van der Waals surface area (Å²) in [5.41, 5.74) is 1.09. The summed E-state index contributed by atoms with van der Waals surface area (Å²) in [4.78, 5) is 0. The first-order chi connectivity index (χ1) is 8.03. The Morgan fingerprint density at radius 1 is 1.24 bits per heavy atom. The number of hydrogen-bond donors (Lipinski definition) is 2. The fourth-order valence-corrected chi connectivity index (χ4v) is 2.66. The van der Waals surface area contributed by atoms with Crippen LogP contribution in [0.2, 0.25) is 0 Å². The summed E-state index contributed by atoms with van der Waals surface area (Å²) in [7, 11) is -3.08. The van der Waals surface area contributed by atoms with E-state index in [9.17, 15) is 8.42 Å². The molecule has 1 aromatic carbocycles. The predicted molar refractivity (Wildman–Crippen MR) is 68.5 cm³/mol. The average Bonchev–Trinajstić information content (AvgIpc) is 2.27. The lowest BCUT2D eigenvalue weighted by atomic mass is 10.1.